The van der Waals surface area contributed by atoms with E-state index in [4.69, 9.17) is 5.10 Å². The summed E-state index contributed by atoms with van der Waals surface area (Å²) in [7, 11) is 3.57. The first kappa shape index (κ1) is 18.4. The summed E-state index contributed by atoms with van der Waals surface area (Å²) in [4.78, 5) is 16.8. The third-order valence-corrected chi connectivity index (χ3v) is 5.25. The summed E-state index contributed by atoms with van der Waals surface area (Å²) in [6, 6.07) is 20.8. The maximum absolute atomic E-state index is 12.8. The molecule has 1 aliphatic heterocycles. The average Bonchev–Trinajstić information content (AvgIpc) is 3.06. The highest BCUT2D eigenvalue weighted by Gasteiger charge is 2.28. The molecule has 4 rings (SSSR count). The van der Waals surface area contributed by atoms with E-state index in [9.17, 15) is 4.79 Å². The molecule has 144 valence electrons. The minimum atomic E-state index is -0.0235. The molecule has 28 heavy (non-hydrogen) atoms. The van der Waals surface area contributed by atoms with Gasteiger partial charge < -0.3 is 4.90 Å². The van der Waals surface area contributed by atoms with Crippen LogP contribution < -0.4 is 0 Å². The number of aromatic nitrogens is 2. The number of hydrogen-bond acceptors (Lipinski definition) is 3. The number of carbonyl (C=O) groups excluding carboxylic acids is 1. The first-order valence-corrected chi connectivity index (χ1v) is 9.72. The van der Waals surface area contributed by atoms with E-state index in [2.05, 4.69) is 41.3 Å². The summed E-state index contributed by atoms with van der Waals surface area (Å²) in [6.45, 7) is 3.31. The molecule has 1 amide bonds. The molecule has 0 aliphatic carbocycles. The number of amides is 1. The standard InChI is InChI=1S/C23H26N4O/c1-25(2)23(28)22-20-17-26(15-18-9-5-3-6-10-18)14-13-21(20)27(24-22)16-19-11-7-4-8-12-19/h3-12H,13-17H2,1-2H3. The first-order valence-electron chi connectivity index (χ1n) is 9.72. The Balaban J connectivity index is 1.63. The van der Waals surface area contributed by atoms with Gasteiger partial charge in [-0.2, -0.15) is 5.10 Å². The Morgan fingerprint density at radius 3 is 2.18 bits per heavy atom. The monoisotopic (exact) mass is 374 g/mol. The Hall–Kier alpha value is -2.92. The van der Waals surface area contributed by atoms with Crippen molar-refractivity contribution in [2.24, 2.45) is 0 Å². The van der Waals surface area contributed by atoms with Crippen LogP contribution in [0.3, 0.4) is 0 Å². The summed E-state index contributed by atoms with van der Waals surface area (Å²) in [6.07, 6.45) is 0.905. The Labute approximate surface area is 166 Å². The van der Waals surface area contributed by atoms with E-state index in [0.29, 0.717) is 12.2 Å². The van der Waals surface area contributed by atoms with Crippen LogP contribution in [-0.4, -0.2) is 46.1 Å². The highest BCUT2D eigenvalue weighted by Crippen LogP contribution is 2.25. The van der Waals surface area contributed by atoms with Gasteiger partial charge in [0.1, 0.15) is 0 Å². The van der Waals surface area contributed by atoms with Gasteiger partial charge in [-0.1, -0.05) is 60.7 Å². The van der Waals surface area contributed by atoms with Crippen LogP contribution >= 0.6 is 0 Å². The van der Waals surface area contributed by atoms with Crippen LogP contribution in [0.5, 0.6) is 0 Å². The first-order chi connectivity index (χ1) is 13.6. The lowest BCUT2D eigenvalue weighted by Crippen LogP contribution is -2.32. The molecule has 0 bridgehead atoms. The normalized spacial score (nSPS) is 13.9. The molecule has 5 nitrogen and oxygen atoms in total. The molecule has 0 fully saturated rings. The van der Waals surface area contributed by atoms with Gasteiger partial charge in [0.15, 0.2) is 5.69 Å². The van der Waals surface area contributed by atoms with E-state index in [0.717, 1.165) is 31.6 Å². The smallest absolute Gasteiger partial charge is 0.274 e. The van der Waals surface area contributed by atoms with E-state index < -0.39 is 0 Å². The number of rotatable bonds is 5. The summed E-state index contributed by atoms with van der Waals surface area (Å²) >= 11 is 0. The topological polar surface area (TPSA) is 41.4 Å². The molecule has 5 heteroatoms. The van der Waals surface area contributed by atoms with Crippen molar-refractivity contribution in [2.45, 2.75) is 26.1 Å². The van der Waals surface area contributed by atoms with Crippen molar-refractivity contribution in [1.29, 1.82) is 0 Å². The van der Waals surface area contributed by atoms with Crippen molar-refractivity contribution in [3.8, 4) is 0 Å². The van der Waals surface area contributed by atoms with Crippen molar-refractivity contribution in [2.75, 3.05) is 20.6 Å². The summed E-state index contributed by atoms with van der Waals surface area (Å²) in [5.41, 5.74) is 5.36. The fourth-order valence-electron chi connectivity index (χ4n) is 3.79. The largest absolute Gasteiger partial charge is 0.343 e. The Kier molecular flexibility index (Phi) is 5.26. The van der Waals surface area contributed by atoms with Crippen molar-refractivity contribution in [1.82, 2.24) is 19.6 Å². The molecule has 1 aromatic heterocycles. The fourth-order valence-corrected chi connectivity index (χ4v) is 3.79. The molecule has 1 aliphatic rings. The van der Waals surface area contributed by atoms with E-state index >= 15 is 0 Å². The minimum absolute atomic E-state index is 0.0235. The maximum atomic E-state index is 12.8. The number of nitrogens with zero attached hydrogens (tertiary/aromatic N) is 4. The van der Waals surface area contributed by atoms with Gasteiger partial charge in [0.2, 0.25) is 0 Å². The van der Waals surface area contributed by atoms with Crippen molar-refractivity contribution >= 4 is 5.91 Å². The quantitative estimate of drug-likeness (QED) is 0.689. The zero-order valence-electron chi connectivity index (χ0n) is 16.5. The van der Waals surface area contributed by atoms with Crippen molar-refractivity contribution < 1.29 is 4.79 Å². The van der Waals surface area contributed by atoms with Crippen LogP contribution in [0.25, 0.3) is 0 Å². The van der Waals surface area contributed by atoms with Gasteiger partial charge in [-0.05, 0) is 11.1 Å². The lowest BCUT2D eigenvalue weighted by Gasteiger charge is -2.28. The Bertz CT molecular complexity index is 947. The highest BCUT2D eigenvalue weighted by molar-refractivity contribution is 5.93. The van der Waals surface area contributed by atoms with Gasteiger partial charge in [0.05, 0.1) is 6.54 Å². The summed E-state index contributed by atoms with van der Waals surface area (Å²) < 4.78 is 2.03. The van der Waals surface area contributed by atoms with Gasteiger partial charge in [-0.25, -0.2) is 0 Å². The second-order valence-corrected chi connectivity index (χ2v) is 7.56. The lowest BCUT2D eigenvalue weighted by molar-refractivity contribution is 0.0818. The lowest BCUT2D eigenvalue weighted by atomic mass is 10.0. The molecule has 3 aromatic rings. The molecule has 0 N–H and O–H groups in total. The highest BCUT2D eigenvalue weighted by atomic mass is 16.2. The van der Waals surface area contributed by atoms with E-state index in [1.807, 2.05) is 28.9 Å². The second kappa shape index (κ2) is 7.98. The number of benzene rings is 2. The van der Waals surface area contributed by atoms with Crippen LogP contribution in [0.2, 0.25) is 0 Å². The van der Waals surface area contributed by atoms with Crippen LogP contribution in [0.15, 0.2) is 60.7 Å². The number of fused-ring (bicyclic) bond motifs is 1. The maximum Gasteiger partial charge on any atom is 0.274 e. The van der Waals surface area contributed by atoms with Gasteiger partial charge in [0.25, 0.3) is 5.91 Å². The zero-order chi connectivity index (χ0) is 19.5. The SMILES string of the molecule is CN(C)C(=O)c1nn(Cc2ccccc2)c2c1CN(Cc1ccccc1)CC2. The molecular weight excluding hydrogens is 348 g/mol. The second-order valence-electron chi connectivity index (χ2n) is 7.56. The zero-order valence-corrected chi connectivity index (χ0v) is 16.5. The Morgan fingerprint density at radius 1 is 0.964 bits per heavy atom. The van der Waals surface area contributed by atoms with E-state index in [-0.39, 0.29) is 5.91 Å². The van der Waals surface area contributed by atoms with Gasteiger partial charge in [-0.3, -0.25) is 14.4 Å². The van der Waals surface area contributed by atoms with E-state index in [1.54, 1.807) is 19.0 Å². The molecule has 0 spiro atoms. The van der Waals surface area contributed by atoms with Crippen LogP contribution in [-0.2, 0) is 26.1 Å². The average molecular weight is 374 g/mol. The number of carbonyl (C=O) groups is 1. The van der Waals surface area contributed by atoms with Gasteiger partial charge in [0, 0.05) is 51.4 Å². The number of hydrogen-bond donors (Lipinski definition) is 0. The molecule has 0 saturated heterocycles. The predicted molar refractivity (Wildman–Crippen MR) is 110 cm³/mol. The molecular formula is C23H26N4O. The third-order valence-electron chi connectivity index (χ3n) is 5.25. The Morgan fingerprint density at radius 2 is 1.57 bits per heavy atom. The predicted octanol–water partition coefficient (Wildman–Crippen LogP) is 3.19. The van der Waals surface area contributed by atoms with Crippen LogP contribution in [0.1, 0.15) is 32.9 Å². The molecule has 0 unspecified atom stereocenters. The molecule has 0 saturated carbocycles. The summed E-state index contributed by atoms with van der Waals surface area (Å²) in [5, 5.41) is 4.75. The molecule has 2 heterocycles. The third kappa shape index (κ3) is 3.85. The fraction of sp³-hybridized carbons (Fsp3) is 0.304. The summed E-state index contributed by atoms with van der Waals surface area (Å²) in [5.74, 6) is -0.0235. The van der Waals surface area contributed by atoms with Gasteiger partial charge >= 0.3 is 0 Å². The van der Waals surface area contributed by atoms with Crippen molar-refractivity contribution in [3.05, 3.63) is 88.7 Å². The van der Waals surface area contributed by atoms with Crippen LogP contribution in [0.4, 0.5) is 0 Å². The van der Waals surface area contributed by atoms with Gasteiger partial charge in [-0.15, -0.1) is 0 Å². The molecule has 2 aromatic carbocycles. The molecule has 0 radical (unpaired) electrons. The molecule has 0 atom stereocenters. The van der Waals surface area contributed by atoms with E-state index in [1.165, 1.54) is 16.8 Å². The minimum Gasteiger partial charge on any atom is -0.343 e. The van der Waals surface area contributed by atoms with Crippen LogP contribution in [0, 0.1) is 0 Å². The van der Waals surface area contributed by atoms with Crippen molar-refractivity contribution in [3.63, 3.8) is 0 Å².